The van der Waals surface area contributed by atoms with Gasteiger partial charge in [-0.3, -0.25) is 0 Å². The minimum Gasteiger partial charge on any atom is -0.330 e. The van der Waals surface area contributed by atoms with Gasteiger partial charge in [-0.25, -0.2) is 9.97 Å². The van der Waals surface area contributed by atoms with Crippen molar-refractivity contribution in [2.75, 3.05) is 6.54 Å². The van der Waals surface area contributed by atoms with Gasteiger partial charge in [0.1, 0.15) is 5.82 Å². The molecule has 3 nitrogen and oxygen atoms in total. The smallest absolute Gasteiger partial charge is 0.133 e. The maximum absolute atomic E-state index is 6.12. The van der Waals surface area contributed by atoms with Crippen LogP contribution in [0.5, 0.6) is 0 Å². The Morgan fingerprint density at radius 2 is 1.83 bits per heavy atom. The van der Waals surface area contributed by atoms with Crippen LogP contribution in [0, 0.1) is 0 Å². The van der Waals surface area contributed by atoms with Crippen LogP contribution in [-0.4, -0.2) is 16.5 Å². The molecule has 0 bridgehead atoms. The molecule has 18 heavy (non-hydrogen) atoms. The third-order valence-electron chi connectivity index (χ3n) is 2.56. The number of aromatic nitrogens is 2. The Balaban J connectivity index is 2.26. The Labute approximate surface area is 116 Å². The molecule has 2 rings (SSSR count). The highest BCUT2D eigenvalue weighted by Crippen LogP contribution is 2.25. The third-order valence-corrected chi connectivity index (χ3v) is 3.27. The van der Waals surface area contributed by atoms with E-state index in [2.05, 4.69) is 9.97 Å². The fourth-order valence-corrected chi connectivity index (χ4v) is 2.20. The Bertz CT molecular complexity index is 523. The summed E-state index contributed by atoms with van der Waals surface area (Å²) < 4.78 is 0. The van der Waals surface area contributed by atoms with Crippen molar-refractivity contribution in [2.45, 2.75) is 12.8 Å². The first-order valence-electron chi connectivity index (χ1n) is 5.64. The van der Waals surface area contributed by atoms with E-state index in [1.54, 1.807) is 6.20 Å². The van der Waals surface area contributed by atoms with E-state index in [9.17, 15) is 0 Å². The van der Waals surface area contributed by atoms with Crippen LogP contribution in [0.15, 0.2) is 30.5 Å². The van der Waals surface area contributed by atoms with E-state index in [1.807, 2.05) is 24.3 Å². The number of halogens is 2. The number of hydrogen-bond acceptors (Lipinski definition) is 3. The largest absolute Gasteiger partial charge is 0.330 e. The summed E-state index contributed by atoms with van der Waals surface area (Å²) in [6.45, 7) is 0.573. The predicted molar refractivity (Wildman–Crippen MR) is 74.1 cm³/mol. The van der Waals surface area contributed by atoms with Gasteiger partial charge < -0.3 is 5.73 Å². The minimum atomic E-state index is 0.525. The van der Waals surface area contributed by atoms with E-state index < -0.39 is 0 Å². The third kappa shape index (κ3) is 3.19. The Kier molecular flexibility index (Phi) is 4.53. The Morgan fingerprint density at radius 3 is 2.50 bits per heavy atom. The van der Waals surface area contributed by atoms with E-state index in [1.165, 1.54) is 0 Å². The lowest BCUT2D eigenvalue weighted by molar-refractivity contribution is 0.866. The van der Waals surface area contributed by atoms with Crippen LogP contribution in [0.1, 0.15) is 17.1 Å². The van der Waals surface area contributed by atoms with Crippen molar-refractivity contribution in [3.05, 3.63) is 57.6 Å². The summed E-state index contributed by atoms with van der Waals surface area (Å²) >= 11 is 12.2. The van der Waals surface area contributed by atoms with Gasteiger partial charge in [0.2, 0.25) is 0 Å². The summed E-state index contributed by atoms with van der Waals surface area (Å²) in [5.41, 5.74) is 7.30. The van der Waals surface area contributed by atoms with Crippen LogP contribution >= 0.6 is 23.2 Å². The number of nitrogens with zero attached hydrogens (tertiary/aromatic N) is 2. The lowest BCUT2D eigenvalue weighted by atomic mass is 10.1. The van der Waals surface area contributed by atoms with Gasteiger partial charge in [0, 0.05) is 34.8 Å². The molecule has 0 fully saturated rings. The number of benzene rings is 1. The number of rotatable bonds is 4. The van der Waals surface area contributed by atoms with Crippen LogP contribution in [0.3, 0.4) is 0 Å². The highest BCUT2D eigenvalue weighted by atomic mass is 35.5. The molecule has 2 N–H and O–H groups in total. The molecule has 0 aliphatic rings. The molecule has 1 aromatic carbocycles. The fraction of sp³-hybridized carbons (Fsp3) is 0.231. The monoisotopic (exact) mass is 281 g/mol. The van der Waals surface area contributed by atoms with Crippen molar-refractivity contribution in [3.63, 3.8) is 0 Å². The molecule has 1 heterocycles. The topological polar surface area (TPSA) is 51.8 Å². The van der Waals surface area contributed by atoms with E-state index in [0.29, 0.717) is 28.8 Å². The molecule has 5 heteroatoms. The average Bonchev–Trinajstić information content (AvgIpc) is 2.35. The minimum absolute atomic E-state index is 0.525. The second-order valence-electron chi connectivity index (χ2n) is 3.88. The standard InChI is InChI=1S/C13H13Cl2N3/c14-11-2-1-3-12(15)10(11)8-13-17-7-5-9(18-13)4-6-16/h1-3,5,7H,4,6,8,16H2. The molecular weight excluding hydrogens is 269 g/mol. The molecule has 0 unspecified atom stereocenters. The molecule has 1 aromatic heterocycles. The van der Waals surface area contributed by atoms with Gasteiger partial charge in [0.15, 0.2) is 0 Å². The van der Waals surface area contributed by atoms with Gasteiger partial charge in [-0.1, -0.05) is 29.3 Å². The second-order valence-corrected chi connectivity index (χ2v) is 4.69. The molecular formula is C13H13Cl2N3. The van der Waals surface area contributed by atoms with Crippen LogP contribution < -0.4 is 5.73 Å². The average molecular weight is 282 g/mol. The molecule has 0 aliphatic carbocycles. The molecule has 2 aromatic rings. The normalized spacial score (nSPS) is 10.6. The first kappa shape index (κ1) is 13.3. The fourth-order valence-electron chi connectivity index (χ4n) is 1.67. The summed E-state index contributed by atoms with van der Waals surface area (Å²) in [5, 5.41) is 1.27. The van der Waals surface area contributed by atoms with E-state index >= 15 is 0 Å². The van der Waals surface area contributed by atoms with Crippen molar-refractivity contribution in [1.82, 2.24) is 9.97 Å². The van der Waals surface area contributed by atoms with Gasteiger partial charge in [-0.2, -0.15) is 0 Å². The zero-order valence-corrected chi connectivity index (χ0v) is 11.2. The lowest BCUT2D eigenvalue weighted by Gasteiger charge is -2.06. The maximum atomic E-state index is 6.12. The molecule has 0 saturated heterocycles. The van der Waals surface area contributed by atoms with Gasteiger partial charge >= 0.3 is 0 Å². The number of hydrogen-bond donors (Lipinski definition) is 1. The molecule has 0 amide bonds. The van der Waals surface area contributed by atoms with Crippen molar-refractivity contribution in [3.8, 4) is 0 Å². The highest BCUT2D eigenvalue weighted by Gasteiger charge is 2.08. The SMILES string of the molecule is NCCc1ccnc(Cc2c(Cl)cccc2Cl)n1. The summed E-state index contributed by atoms with van der Waals surface area (Å²) in [4.78, 5) is 8.66. The van der Waals surface area contributed by atoms with Crippen LogP contribution in [-0.2, 0) is 12.8 Å². The van der Waals surface area contributed by atoms with E-state index in [-0.39, 0.29) is 0 Å². The molecule has 0 spiro atoms. The second kappa shape index (κ2) is 6.14. The Morgan fingerprint density at radius 1 is 1.11 bits per heavy atom. The number of nitrogens with two attached hydrogens (primary N) is 1. The van der Waals surface area contributed by atoms with Gasteiger partial charge in [0.05, 0.1) is 0 Å². The lowest BCUT2D eigenvalue weighted by Crippen LogP contribution is -2.07. The van der Waals surface area contributed by atoms with Crippen LogP contribution in [0.25, 0.3) is 0 Å². The van der Waals surface area contributed by atoms with E-state index in [4.69, 9.17) is 28.9 Å². The molecule has 0 saturated carbocycles. The van der Waals surface area contributed by atoms with Crippen LogP contribution in [0.4, 0.5) is 0 Å². The first-order chi connectivity index (χ1) is 8.70. The summed E-state index contributed by atoms with van der Waals surface area (Å²) in [7, 11) is 0. The molecule has 94 valence electrons. The van der Waals surface area contributed by atoms with Gasteiger partial charge in [-0.05, 0) is 30.3 Å². The zero-order chi connectivity index (χ0) is 13.0. The quantitative estimate of drug-likeness (QED) is 0.938. The zero-order valence-electron chi connectivity index (χ0n) is 9.74. The summed E-state index contributed by atoms with van der Waals surface area (Å²) in [5.74, 6) is 0.705. The first-order valence-corrected chi connectivity index (χ1v) is 6.40. The Hall–Kier alpha value is -1.16. The molecule has 0 atom stereocenters. The van der Waals surface area contributed by atoms with Crippen molar-refractivity contribution in [2.24, 2.45) is 5.73 Å². The highest BCUT2D eigenvalue weighted by molar-refractivity contribution is 6.36. The molecule has 0 radical (unpaired) electrons. The van der Waals surface area contributed by atoms with Crippen LogP contribution in [0.2, 0.25) is 10.0 Å². The van der Waals surface area contributed by atoms with Crippen molar-refractivity contribution < 1.29 is 0 Å². The predicted octanol–water partition coefficient (Wildman–Crippen LogP) is 2.88. The maximum Gasteiger partial charge on any atom is 0.133 e. The van der Waals surface area contributed by atoms with Crippen molar-refractivity contribution in [1.29, 1.82) is 0 Å². The van der Waals surface area contributed by atoms with Gasteiger partial charge in [0.25, 0.3) is 0 Å². The summed E-state index contributed by atoms with van der Waals surface area (Å²) in [6.07, 6.45) is 3.00. The summed E-state index contributed by atoms with van der Waals surface area (Å²) in [6, 6.07) is 7.31. The van der Waals surface area contributed by atoms with Crippen molar-refractivity contribution >= 4 is 23.2 Å². The van der Waals surface area contributed by atoms with Gasteiger partial charge in [-0.15, -0.1) is 0 Å². The molecule has 0 aliphatic heterocycles. The van der Waals surface area contributed by atoms with E-state index in [0.717, 1.165) is 17.7 Å².